The van der Waals surface area contributed by atoms with E-state index in [9.17, 15) is 4.79 Å². The second-order valence-corrected chi connectivity index (χ2v) is 5.08. The van der Waals surface area contributed by atoms with Gasteiger partial charge in [-0.25, -0.2) is 4.98 Å². The predicted octanol–water partition coefficient (Wildman–Crippen LogP) is 2.07. The summed E-state index contributed by atoms with van der Waals surface area (Å²) in [6.07, 6.45) is 4.16. The van der Waals surface area contributed by atoms with Crippen LogP contribution < -0.4 is 5.32 Å². The summed E-state index contributed by atoms with van der Waals surface area (Å²) in [4.78, 5) is 15.7. The molecule has 1 N–H and O–H groups in total. The van der Waals surface area contributed by atoms with Crippen molar-refractivity contribution < 1.29 is 4.79 Å². The van der Waals surface area contributed by atoms with E-state index in [0.717, 1.165) is 17.0 Å². The number of hydrogen-bond donors (Lipinski definition) is 1. The van der Waals surface area contributed by atoms with E-state index in [0.29, 0.717) is 13.0 Å². The van der Waals surface area contributed by atoms with Crippen molar-refractivity contribution in [3.05, 3.63) is 47.5 Å². The molecule has 6 heteroatoms. The van der Waals surface area contributed by atoms with Crippen LogP contribution in [0.25, 0.3) is 0 Å². The Hall–Kier alpha value is -1.88. The Balaban J connectivity index is 1.78. The minimum atomic E-state index is 0.0000496. The van der Waals surface area contributed by atoms with Gasteiger partial charge in [0.25, 0.3) is 0 Å². The molecule has 106 valence electrons. The lowest BCUT2D eigenvalue weighted by Gasteiger charge is -2.14. The highest BCUT2D eigenvalue weighted by molar-refractivity contribution is 6.31. The Kier molecular flexibility index (Phi) is 5.12. The Morgan fingerprint density at radius 1 is 1.45 bits per heavy atom. The van der Waals surface area contributed by atoms with Gasteiger partial charge in [0.1, 0.15) is 12.7 Å². The molecule has 2 rings (SSSR count). The fourth-order valence-electron chi connectivity index (χ4n) is 1.96. The quantitative estimate of drug-likeness (QED) is 0.886. The Morgan fingerprint density at radius 2 is 2.25 bits per heavy atom. The number of halogens is 1. The summed E-state index contributed by atoms with van der Waals surface area (Å²) in [5.41, 5.74) is 1.04. The molecule has 0 aliphatic rings. The fourth-order valence-corrected chi connectivity index (χ4v) is 2.17. The van der Waals surface area contributed by atoms with E-state index < -0.39 is 0 Å². The Morgan fingerprint density at radius 3 is 2.95 bits per heavy atom. The van der Waals surface area contributed by atoms with Crippen LogP contribution in [0.5, 0.6) is 0 Å². The first-order chi connectivity index (χ1) is 9.65. The summed E-state index contributed by atoms with van der Waals surface area (Å²) in [7, 11) is 0. The number of carbonyl (C=O) groups excluding carboxylic acids is 1. The molecule has 0 saturated carbocycles. The topological polar surface area (TPSA) is 59.8 Å². The molecule has 0 spiro atoms. The van der Waals surface area contributed by atoms with Crippen LogP contribution in [-0.4, -0.2) is 26.7 Å². The van der Waals surface area contributed by atoms with Crippen LogP contribution in [0.1, 0.15) is 18.9 Å². The van der Waals surface area contributed by atoms with Crippen LogP contribution in [0.15, 0.2) is 36.9 Å². The molecule has 1 aromatic carbocycles. The third-order valence-electron chi connectivity index (χ3n) is 2.93. The van der Waals surface area contributed by atoms with E-state index in [4.69, 9.17) is 11.6 Å². The minimum absolute atomic E-state index is 0.0000496. The molecule has 0 aliphatic carbocycles. The van der Waals surface area contributed by atoms with Crippen molar-refractivity contribution in [1.82, 2.24) is 20.1 Å². The molecule has 0 aliphatic heterocycles. The lowest BCUT2D eigenvalue weighted by Crippen LogP contribution is -2.34. The SMILES string of the molecule is C[C@@H](Cc1ccccc1Cl)NC(=O)CCn1cncn1. The van der Waals surface area contributed by atoms with E-state index >= 15 is 0 Å². The van der Waals surface area contributed by atoms with Gasteiger partial charge < -0.3 is 5.32 Å². The predicted molar refractivity (Wildman–Crippen MR) is 77.4 cm³/mol. The first kappa shape index (κ1) is 14.5. The average molecular weight is 293 g/mol. The molecule has 1 amide bonds. The van der Waals surface area contributed by atoms with Gasteiger partial charge in [-0.15, -0.1) is 0 Å². The molecule has 1 aromatic heterocycles. The maximum Gasteiger partial charge on any atom is 0.222 e. The first-order valence-electron chi connectivity index (χ1n) is 6.50. The van der Waals surface area contributed by atoms with Gasteiger partial charge >= 0.3 is 0 Å². The smallest absolute Gasteiger partial charge is 0.222 e. The van der Waals surface area contributed by atoms with Gasteiger partial charge in [-0.05, 0) is 25.0 Å². The zero-order valence-electron chi connectivity index (χ0n) is 11.3. The van der Waals surface area contributed by atoms with Crippen molar-refractivity contribution in [3.8, 4) is 0 Å². The molecule has 0 fully saturated rings. The van der Waals surface area contributed by atoms with Crippen molar-refractivity contribution in [1.29, 1.82) is 0 Å². The highest BCUT2D eigenvalue weighted by Gasteiger charge is 2.10. The van der Waals surface area contributed by atoms with Crippen LogP contribution >= 0.6 is 11.6 Å². The molecule has 2 aromatic rings. The molecule has 1 heterocycles. The lowest BCUT2D eigenvalue weighted by atomic mass is 10.1. The summed E-state index contributed by atoms with van der Waals surface area (Å²) in [6.45, 7) is 2.50. The Bertz CT molecular complexity index is 556. The van der Waals surface area contributed by atoms with Crippen molar-refractivity contribution in [3.63, 3.8) is 0 Å². The largest absolute Gasteiger partial charge is 0.353 e. The highest BCUT2D eigenvalue weighted by atomic mass is 35.5. The molecule has 0 radical (unpaired) electrons. The van der Waals surface area contributed by atoms with Gasteiger partial charge in [0, 0.05) is 17.5 Å². The van der Waals surface area contributed by atoms with Crippen LogP contribution in [0.4, 0.5) is 0 Å². The molecular weight excluding hydrogens is 276 g/mol. The number of aromatic nitrogens is 3. The third-order valence-corrected chi connectivity index (χ3v) is 3.29. The van der Waals surface area contributed by atoms with Gasteiger partial charge in [-0.2, -0.15) is 5.10 Å². The van der Waals surface area contributed by atoms with Gasteiger partial charge in [0.05, 0.1) is 6.54 Å². The van der Waals surface area contributed by atoms with Gasteiger partial charge in [0.2, 0.25) is 5.91 Å². The van der Waals surface area contributed by atoms with Gasteiger partial charge in [0.15, 0.2) is 0 Å². The first-order valence-corrected chi connectivity index (χ1v) is 6.88. The molecule has 1 atom stereocenters. The second kappa shape index (κ2) is 7.05. The number of nitrogens with one attached hydrogen (secondary N) is 1. The van der Waals surface area contributed by atoms with Crippen molar-refractivity contribution in [2.45, 2.75) is 32.4 Å². The molecule has 5 nitrogen and oxygen atoms in total. The van der Waals surface area contributed by atoms with Crippen LogP contribution in [0.3, 0.4) is 0 Å². The number of aryl methyl sites for hydroxylation is 1. The number of carbonyl (C=O) groups is 1. The normalized spacial score (nSPS) is 12.1. The number of hydrogen-bond acceptors (Lipinski definition) is 3. The van der Waals surface area contributed by atoms with Crippen LogP contribution in [0.2, 0.25) is 5.02 Å². The van der Waals surface area contributed by atoms with Crippen LogP contribution in [0, 0.1) is 0 Å². The van der Waals surface area contributed by atoms with E-state index in [1.54, 1.807) is 11.0 Å². The molecule has 0 unspecified atom stereocenters. The molecule has 0 bridgehead atoms. The van der Waals surface area contributed by atoms with Gasteiger partial charge in [-0.3, -0.25) is 9.48 Å². The van der Waals surface area contributed by atoms with Crippen LogP contribution in [-0.2, 0) is 17.8 Å². The number of nitrogens with zero attached hydrogens (tertiary/aromatic N) is 3. The van der Waals surface area contributed by atoms with E-state index in [-0.39, 0.29) is 11.9 Å². The summed E-state index contributed by atoms with van der Waals surface area (Å²) in [6, 6.07) is 7.71. The third kappa shape index (κ3) is 4.35. The Labute approximate surface area is 123 Å². The number of amides is 1. The number of rotatable bonds is 6. The zero-order valence-corrected chi connectivity index (χ0v) is 12.0. The van der Waals surface area contributed by atoms with Crippen molar-refractivity contribution >= 4 is 17.5 Å². The summed E-state index contributed by atoms with van der Waals surface area (Å²) < 4.78 is 1.64. The van der Waals surface area contributed by atoms with Gasteiger partial charge in [-0.1, -0.05) is 29.8 Å². The number of benzene rings is 1. The van der Waals surface area contributed by atoms with E-state index in [1.807, 2.05) is 31.2 Å². The lowest BCUT2D eigenvalue weighted by molar-refractivity contribution is -0.121. The monoisotopic (exact) mass is 292 g/mol. The second-order valence-electron chi connectivity index (χ2n) is 4.67. The standard InChI is InChI=1S/C14H17ClN4O/c1-11(8-12-4-2-3-5-13(12)15)18-14(20)6-7-19-10-16-9-17-19/h2-5,9-11H,6-8H2,1H3,(H,18,20)/t11-/m0/s1. The summed E-state index contributed by atoms with van der Waals surface area (Å²) >= 11 is 6.10. The highest BCUT2D eigenvalue weighted by Crippen LogP contribution is 2.16. The molecule has 0 saturated heterocycles. The maximum absolute atomic E-state index is 11.8. The van der Waals surface area contributed by atoms with Crippen molar-refractivity contribution in [2.24, 2.45) is 0 Å². The maximum atomic E-state index is 11.8. The summed E-state index contributed by atoms with van der Waals surface area (Å²) in [5.74, 6) is 0.0000496. The van der Waals surface area contributed by atoms with E-state index in [1.165, 1.54) is 6.33 Å². The summed E-state index contributed by atoms with van der Waals surface area (Å²) in [5, 5.41) is 7.65. The fraction of sp³-hybridized carbons (Fsp3) is 0.357. The van der Waals surface area contributed by atoms with Crippen molar-refractivity contribution in [2.75, 3.05) is 0 Å². The zero-order chi connectivity index (χ0) is 14.4. The molecule has 20 heavy (non-hydrogen) atoms. The average Bonchev–Trinajstić information content (AvgIpc) is 2.92. The van der Waals surface area contributed by atoms with E-state index in [2.05, 4.69) is 15.4 Å². The minimum Gasteiger partial charge on any atom is -0.353 e. The molecular formula is C14H17ClN4O.